The second-order valence-corrected chi connectivity index (χ2v) is 3.58. The first kappa shape index (κ1) is 12.4. The third-order valence-corrected chi connectivity index (χ3v) is 2.47. The van der Waals surface area contributed by atoms with Crippen LogP contribution in [-0.2, 0) is 0 Å². The fourth-order valence-electron chi connectivity index (χ4n) is 1.34. The van der Waals surface area contributed by atoms with Crippen LogP contribution in [0.15, 0.2) is 23.8 Å². The highest BCUT2D eigenvalue weighted by Crippen LogP contribution is 2.15. The molecular formula is C11H22N2. The Morgan fingerprint density at radius 3 is 2.46 bits per heavy atom. The molecule has 0 radical (unpaired) electrons. The van der Waals surface area contributed by atoms with E-state index in [9.17, 15) is 0 Å². The SMILES string of the molecule is C=C/C(CC)=C(/C)CC(C)N(C)N. The molecule has 2 heteroatoms. The van der Waals surface area contributed by atoms with Crippen LogP contribution in [0.1, 0.15) is 33.6 Å². The van der Waals surface area contributed by atoms with E-state index in [2.05, 4.69) is 27.4 Å². The fourth-order valence-corrected chi connectivity index (χ4v) is 1.34. The molecule has 0 aliphatic carbocycles. The van der Waals surface area contributed by atoms with Crippen molar-refractivity contribution in [3.8, 4) is 0 Å². The maximum atomic E-state index is 5.65. The highest BCUT2D eigenvalue weighted by atomic mass is 15.4. The zero-order valence-corrected chi connectivity index (χ0v) is 9.30. The van der Waals surface area contributed by atoms with E-state index in [0.29, 0.717) is 6.04 Å². The Labute approximate surface area is 82.1 Å². The molecule has 2 nitrogen and oxygen atoms in total. The van der Waals surface area contributed by atoms with E-state index in [0.717, 1.165) is 12.8 Å². The van der Waals surface area contributed by atoms with Crippen molar-refractivity contribution >= 4 is 0 Å². The molecule has 0 saturated carbocycles. The van der Waals surface area contributed by atoms with Crippen LogP contribution < -0.4 is 5.84 Å². The van der Waals surface area contributed by atoms with Crippen LogP contribution in [-0.4, -0.2) is 18.1 Å². The Balaban J connectivity index is 4.33. The van der Waals surface area contributed by atoms with Gasteiger partial charge in [-0.1, -0.05) is 25.2 Å². The van der Waals surface area contributed by atoms with E-state index in [1.165, 1.54) is 11.1 Å². The molecule has 76 valence electrons. The second kappa shape index (κ2) is 5.95. The number of hydrogen-bond donors (Lipinski definition) is 1. The normalized spacial score (nSPS) is 15.5. The van der Waals surface area contributed by atoms with Crippen molar-refractivity contribution < 1.29 is 0 Å². The standard InChI is InChI=1S/C11H22N2/c1-6-11(7-2)9(3)8-10(4)13(5)12/h6,10H,1,7-8,12H2,2-5H3/b11-9+. The Hall–Kier alpha value is -0.600. The van der Waals surface area contributed by atoms with Gasteiger partial charge in [0.25, 0.3) is 0 Å². The third-order valence-electron chi connectivity index (χ3n) is 2.47. The maximum absolute atomic E-state index is 5.65. The molecule has 0 heterocycles. The van der Waals surface area contributed by atoms with E-state index in [4.69, 9.17) is 5.84 Å². The molecule has 0 amide bonds. The quantitative estimate of drug-likeness (QED) is 0.402. The van der Waals surface area contributed by atoms with Gasteiger partial charge in [0.2, 0.25) is 0 Å². The Bertz CT molecular complexity index is 192. The van der Waals surface area contributed by atoms with Crippen molar-refractivity contribution in [2.45, 2.75) is 39.7 Å². The zero-order chi connectivity index (χ0) is 10.4. The van der Waals surface area contributed by atoms with E-state index in [1.54, 1.807) is 5.01 Å². The highest BCUT2D eigenvalue weighted by molar-refractivity contribution is 5.22. The molecule has 0 aliphatic rings. The van der Waals surface area contributed by atoms with Crippen molar-refractivity contribution in [2.24, 2.45) is 5.84 Å². The number of hydrogen-bond acceptors (Lipinski definition) is 2. The average Bonchev–Trinajstić information content (AvgIpc) is 2.06. The van der Waals surface area contributed by atoms with Crippen LogP contribution in [0.5, 0.6) is 0 Å². The summed E-state index contributed by atoms with van der Waals surface area (Å²) in [6.45, 7) is 10.2. The van der Waals surface area contributed by atoms with Crippen LogP contribution in [0.25, 0.3) is 0 Å². The summed E-state index contributed by atoms with van der Waals surface area (Å²) in [7, 11) is 1.90. The molecule has 0 aliphatic heterocycles. The zero-order valence-electron chi connectivity index (χ0n) is 9.30. The van der Waals surface area contributed by atoms with Crippen LogP contribution in [0.3, 0.4) is 0 Å². The van der Waals surface area contributed by atoms with Crippen molar-refractivity contribution in [3.05, 3.63) is 23.8 Å². The van der Waals surface area contributed by atoms with Gasteiger partial charge < -0.3 is 0 Å². The summed E-state index contributed by atoms with van der Waals surface area (Å²) in [4.78, 5) is 0. The molecule has 0 fully saturated rings. The molecule has 13 heavy (non-hydrogen) atoms. The van der Waals surface area contributed by atoms with Gasteiger partial charge in [0, 0.05) is 13.1 Å². The lowest BCUT2D eigenvalue weighted by molar-refractivity contribution is 0.264. The van der Waals surface area contributed by atoms with Gasteiger partial charge >= 0.3 is 0 Å². The summed E-state index contributed by atoms with van der Waals surface area (Å²) in [6.07, 6.45) is 4.01. The third kappa shape index (κ3) is 4.25. The Morgan fingerprint density at radius 2 is 2.15 bits per heavy atom. The molecule has 1 atom stereocenters. The summed E-state index contributed by atoms with van der Waals surface area (Å²) in [5.41, 5.74) is 2.73. The summed E-state index contributed by atoms with van der Waals surface area (Å²) in [6, 6.07) is 0.390. The topological polar surface area (TPSA) is 29.3 Å². The lowest BCUT2D eigenvalue weighted by Crippen LogP contribution is -2.35. The minimum atomic E-state index is 0.390. The van der Waals surface area contributed by atoms with Crippen molar-refractivity contribution in [2.75, 3.05) is 7.05 Å². The summed E-state index contributed by atoms with van der Waals surface area (Å²) in [5, 5.41) is 1.75. The molecular weight excluding hydrogens is 160 g/mol. The van der Waals surface area contributed by atoms with Crippen LogP contribution in [0.4, 0.5) is 0 Å². The van der Waals surface area contributed by atoms with E-state index in [1.807, 2.05) is 13.1 Å². The fraction of sp³-hybridized carbons (Fsp3) is 0.636. The number of allylic oxidation sites excluding steroid dienone is 2. The van der Waals surface area contributed by atoms with E-state index >= 15 is 0 Å². The number of nitrogens with zero attached hydrogens (tertiary/aromatic N) is 1. The predicted molar refractivity (Wildman–Crippen MR) is 59.2 cm³/mol. The largest absolute Gasteiger partial charge is 0.269 e. The molecule has 0 spiro atoms. The lowest BCUT2D eigenvalue weighted by atomic mass is 10.0. The van der Waals surface area contributed by atoms with Gasteiger partial charge in [0.15, 0.2) is 0 Å². The first-order valence-corrected chi connectivity index (χ1v) is 4.81. The Morgan fingerprint density at radius 1 is 1.62 bits per heavy atom. The predicted octanol–water partition coefficient (Wildman–Crippen LogP) is 2.48. The minimum absolute atomic E-state index is 0.390. The van der Waals surface area contributed by atoms with Crippen molar-refractivity contribution in [1.29, 1.82) is 0 Å². The second-order valence-electron chi connectivity index (χ2n) is 3.58. The van der Waals surface area contributed by atoms with Crippen LogP contribution >= 0.6 is 0 Å². The van der Waals surface area contributed by atoms with Gasteiger partial charge in [-0.15, -0.1) is 0 Å². The molecule has 0 aromatic rings. The van der Waals surface area contributed by atoms with E-state index < -0.39 is 0 Å². The summed E-state index contributed by atoms with van der Waals surface area (Å²) >= 11 is 0. The molecule has 1 unspecified atom stereocenters. The first-order valence-electron chi connectivity index (χ1n) is 4.81. The Kier molecular flexibility index (Phi) is 5.67. The lowest BCUT2D eigenvalue weighted by Gasteiger charge is -2.20. The van der Waals surface area contributed by atoms with Gasteiger partial charge in [0.05, 0.1) is 0 Å². The molecule has 0 rings (SSSR count). The molecule has 2 N–H and O–H groups in total. The van der Waals surface area contributed by atoms with Gasteiger partial charge in [-0.05, 0) is 32.3 Å². The van der Waals surface area contributed by atoms with Crippen LogP contribution in [0.2, 0.25) is 0 Å². The van der Waals surface area contributed by atoms with Crippen molar-refractivity contribution in [1.82, 2.24) is 5.01 Å². The number of rotatable bonds is 5. The molecule has 0 aromatic heterocycles. The number of hydrazine groups is 1. The van der Waals surface area contributed by atoms with Crippen molar-refractivity contribution in [3.63, 3.8) is 0 Å². The van der Waals surface area contributed by atoms with Gasteiger partial charge in [-0.2, -0.15) is 0 Å². The smallest absolute Gasteiger partial charge is 0.0247 e. The monoisotopic (exact) mass is 182 g/mol. The molecule has 0 aromatic carbocycles. The maximum Gasteiger partial charge on any atom is 0.0247 e. The van der Waals surface area contributed by atoms with Gasteiger partial charge in [-0.25, -0.2) is 5.01 Å². The average molecular weight is 182 g/mol. The number of nitrogens with two attached hydrogens (primary N) is 1. The van der Waals surface area contributed by atoms with Crippen LogP contribution in [0, 0.1) is 0 Å². The minimum Gasteiger partial charge on any atom is -0.269 e. The van der Waals surface area contributed by atoms with Gasteiger partial charge in [0.1, 0.15) is 0 Å². The first-order chi connectivity index (χ1) is 6.02. The summed E-state index contributed by atoms with van der Waals surface area (Å²) < 4.78 is 0. The molecule has 0 bridgehead atoms. The summed E-state index contributed by atoms with van der Waals surface area (Å²) in [5.74, 6) is 5.65. The highest BCUT2D eigenvalue weighted by Gasteiger charge is 2.07. The molecule has 0 saturated heterocycles. The van der Waals surface area contributed by atoms with Gasteiger partial charge in [-0.3, -0.25) is 5.84 Å². The van der Waals surface area contributed by atoms with E-state index in [-0.39, 0.29) is 0 Å².